The van der Waals surface area contributed by atoms with Crippen molar-refractivity contribution in [3.05, 3.63) is 47.8 Å². The van der Waals surface area contributed by atoms with Crippen LogP contribution >= 0.6 is 0 Å². The molecule has 4 heteroatoms. The van der Waals surface area contributed by atoms with E-state index >= 15 is 0 Å². The molecule has 1 unspecified atom stereocenters. The molecule has 0 aliphatic heterocycles. The third kappa shape index (κ3) is 3.94. The molecule has 0 fully saturated rings. The molecule has 2 aromatic rings. The van der Waals surface area contributed by atoms with Crippen molar-refractivity contribution >= 4 is 11.6 Å². The van der Waals surface area contributed by atoms with E-state index in [9.17, 15) is 0 Å². The van der Waals surface area contributed by atoms with Crippen molar-refractivity contribution < 1.29 is 0 Å². The van der Waals surface area contributed by atoms with Crippen molar-refractivity contribution in [2.45, 2.75) is 45.6 Å². The number of hydrogen-bond acceptors (Lipinski definition) is 4. The van der Waals surface area contributed by atoms with E-state index in [0.29, 0.717) is 5.82 Å². The van der Waals surface area contributed by atoms with E-state index in [1.54, 1.807) is 6.07 Å². The van der Waals surface area contributed by atoms with Crippen molar-refractivity contribution in [3.8, 4) is 0 Å². The van der Waals surface area contributed by atoms with Crippen molar-refractivity contribution in [2.24, 2.45) is 0 Å². The zero-order valence-corrected chi connectivity index (χ0v) is 13.2. The van der Waals surface area contributed by atoms with Gasteiger partial charge in [0.1, 0.15) is 17.5 Å². The first-order valence-corrected chi connectivity index (χ1v) is 7.36. The van der Waals surface area contributed by atoms with Crippen molar-refractivity contribution in [3.63, 3.8) is 0 Å². The second-order valence-electron chi connectivity index (χ2n) is 6.27. The molecule has 21 heavy (non-hydrogen) atoms. The molecule has 4 nitrogen and oxygen atoms in total. The lowest BCUT2D eigenvalue weighted by Crippen LogP contribution is -2.19. The number of nitrogens with zero attached hydrogens (tertiary/aromatic N) is 2. The molecule has 0 bridgehead atoms. The molecule has 0 amide bonds. The average molecular weight is 284 g/mol. The van der Waals surface area contributed by atoms with Crippen LogP contribution in [0.3, 0.4) is 0 Å². The zero-order chi connectivity index (χ0) is 15.5. The van der Waals surface area contributed by atoms with Gasteiger partial charge in [-0.25, -0.2) is 9.97 Å². The number of anilines is 2. The highest BCUT2D eigenvalue weighted by atomic mass is 15.1. The number of benzene rings is 1. The van der Waals surface area contributed by atoms with Gasteiger partial charge < -0.3 is 11.1 Å². The lowest BCUT2D eigenvalue weighted by molar-refractivity contribution is 0.546. The predicted molar refractivity (Wildman–Crippen MR) is 88.2 cm³/mol. The van der Waals surface area contributed by atoms with Crippen LogP contribution in [0.25, 0.3) is 0 Å². The molecule has 3 N–H and O–H groups in total. The molecule has 0 aliphatic carbocycles. The minimum atomic E-state index is -0.125. The molecular weight excluding hydrogens is 260 g/mol. The first-order valence-electron chi connectivity index (χ1n) is 7.36. The first kappa shape index (κ1) is 15.3. The van der Waals surface area contributed by atoms with Crippen LogP contribution in [0.5, 0.6) is 0 Å². The molecule has 2 rings (SSSR count). The quantitative estimate of drug-likeness (QED) is 0.893. The Labute approximate surface area is 126 Å². The Morgan fingerprint density at radius 1 is 1.14 bits per heavy atom. The lowest BCUT2D eigenvalue weighted by Gasteiger charge is -2.21. The summed E-state index contributed by atoms with van der Waals surface area (Å²) >= 11 is 0. The number of aromatic nitrogens is 2. The van der Waals surface area contributed by atoms with E-state index in [1.165, 1.54) is 5.56 Å². The monoisotopic (exact) mass is 284 g/mol. The number of hydrogen-bond donors (Lipinski definition) is 2. The maximum Gasteiger partial charge on any atom is 0.138 e. The third-order valence-electron chi connectivity index (χ3n) is 3.35. The number of nitrogens with one attached hydrogen (secondary N) is 1. The van der Waals surface area contributed by atoms with Gasteiger partial charge in [0, 0.05) is 11.5 Å². The molecule has 0 spiro atoms. The highest BCUT2D eigenvalue weighted by Crippen LogP contribution is 2.25. The smallest absolute Gasteiger partial charge is 0.138 e. The minimum Gasteiger partial charge on any atom is -0.384 e. The van der Waals surface area contributed by atoms with Gasteiger partial charge in [-0.05, 0) is 12.0 Å². The minimum absolute atomic E-state index is 0.125. The fourth-order valence-electron chi connectivity index (χ4n) is 2.16. The van der Waals surface area contributed by atoms with Crippen molar-refractivity contribution in [2.75, 3.05) is 11.1 Å². The van der Waals surface area contributed by atoms with Gasteiger partial charge in [0.05, 0.1) is 6.04 Å². The summed E-state index contributed by atoms with van der Waals surface area (Å²) in [6, 6.07) is 12.4. The lowest BCUT2D eigenvalue weighted by atomic mass is 9.96. The van der Waals surface area contributed by atoms with Gasteiger partial charge in [0.25, 0.3) is 0 Å². The SMILES string of the molecule is CCC(Nc1cc(N)nc(C(C)(C)C)n1)c1ccccc1. The van der Waals surface area contributed by atoms with Crippen LogP contribution in [0, 0.1) is 0 Å². The van der Waals surface area contributed by atoms with E-state index in [2.05, 4.69) is 67.2 Å². The summed E-state index contributed by atoms with van der Waals surface area (Å²) in [6.45, 7) is 8.40. The van der Waals surface area contributed by atoms with E-state index in [1.807, 2.05) is 6.07 Å². The predicted octanol–water partition coefficient (Wildman–Crippen LogP) is 3.92. The van der Waals surface area contributed by atoms with Gasteiger partial charge >= 0.3 is 0 Å². The normalized spacial score (nSPS) is 13.0. The van der Waals surface area contributed by atoms with Crippen LogP contribution in [-0.4, -0.2) is 9.97 Å². The van der Waals surface area contributed by atoms with Crippen molar-refractivity contribution in [1.82, 2.24) is 9.97 Å². The van der Waals surface area contributed by atoms with Gasteiger partial charge in [-0.15, -0.1) is 0 Å². The number of nitrogen functional groups attached to an aromatic ring is 1. The van der Waals surface area contributed by atoms with Crippen molar-refractivity contribution in [1.29, 1.82) is 0 Å². The fraction of sp³-hybridized carbons (Fsp3) is 0.412. The molecule has 112 valence electrons. The Balaban J connectivity index is 2.28. The summed E-state index contributed by atoms with van der Waals surface area (Å²) in [5.41, 5.74) is 7.04. The van der Waals surface area contributed by atoms with Crippen LogP contribution in [0.2, 0.25) is 0 Å². The molecular formula is C17H24N4. The summed E-state index contributed by atoms with van der Waals surface area (Å²) < 4.78 is 0. The maximum absolute atomic E-state index is 5.92. The van der Waals surface area contributed by atoms with E-state index < -0.39 is 0 Å². The van der Waals surface area contributed by atoms with Gasteiger partial charge in [-0.3, -0.25) is 0 Å². The fourth-order valence-corrected chi connectivity index (χ4v) is 2.16. The van der Waals surface area contributed by atoms with E-state index in [-0.39, 0.29) is 11.5 Å². The Morgan fingerprint density at radius 3 is 2.38 bits per heavy atom. The largest absolute Gasteiger partial charge is 0.384 e. The molecule has 0 radical (unpaired) electrons. The van der Waals surface area contributed by atoms with Gasteiger partial charge in [0.2, 0.25) is 0 Å². The molecule has 0 saturated heterocycles. The molecule has 0 aliphatic rings. The number of rotatable bonds is 4. The first-order chi connectivity index (χ1) is 9.90. The molecule has 1 atom stereocenters. The molecule has 0 saturated carbocycles. The Kier molecular flexibility index (Phi) is 4.46. The van der Waals surface area contributed by atoms with Crippen LogP contribution in [0.15, 0.2) is 36.4 Å². The van der Waals surface area contributed by atoms with Gasteiger partial charge in [-0.1, -0.05) is 58.0 Å². The Hall–Kier alpha value is -2.10. The molecule has 1 heterocycles. The number of nitrogens with two attached hydrogens (primary N) is 1. The standard InChI is InChI=1S/C17H24N4/c1-5-13(12-9-7-6-8-10-12)19-15-11-14(18)20-16(21-15)17(2,3)4/h6-11,13H,5H2,1-4H3,(H3,18,19,20,21). The topological polar surface area (TPSA) is 63.8 Å². The van der Waals surface area contributed by atoms with Crippen LogP contribution in [-0.2, 0) is 5.41 Å². The summed E-state index contributed by atoms with van der Waals surface area (Å²) in [5.74, 6) is 2.04. The maximum atomic E-state index is 5.92. The zero-order valence-electron chi connectivity index (χ0n) is 13.2. The Bertz CT molecular complexity index is 587. The van der Waals surface area contributed by atoms with Gasteiger partial charge in [-0.2, -0.15) is 0 Å². The van der Waals surface area contributed by atoms with Crippen LogP contribution in [0.4, 0.5) is 11.6 Å². The van der Waals surface area contributed by atoms with E-state index in [0.717, 1.165) is 18.1 Å². The average Bonchev–Trinajstić information content (AvgIpc) is 2.44. The highest BCUT2D eigenvalue weighted by Gasteiger charge is 2.19. The molecule has 1 aromatic heterocycles. The summed E-state index contributed by atoms with van der Waals surface area (Å²) in [6.07, 6.45) is 0.971. The summed E-state index contributed by atoms with van der Waals surface area (Å²) in [5, 5.41) is 3.47. The third-order valence-corrected chi connectivity index (χ3v) is 3.35. The van der Waals surface area contributed by atoms with Crippen LogP contribution in [0.1, 0.15) is 51.5 Å². The highest BCUT2D eigenvalue weighted by molar-refractivity contribution is 5.47. The summed E-state index contributed by atoms with van der Waals surface area (Å²) in [7, 11) is 0. The van der Waals surface area contributed by atoms with Crippen LogP contribution < -0.4 is 11.1 Å². The second-order valence-corrected chi connectivity index (χ2v) is 6.27. The Morgan fingerprint density at radius 2 is 1.81 bits per heavy atom. The molecule has 1 aromatic carbocycles. The van der Waals surface area contributed by atoms with Gasteiger partial charge in [0.15, 0.2) is 0 Å². The second kappa shape index (κ2) is 6.12. The summed E-state index contributed by atoms with van der Waals surface area (Å²) in [4.78, 5) is 8.95. The van der Waals surface area contributed by atoms with E-state index in [4.69, 9.17) is 5.73 Å².